The van der Waals surface area contributed by atoms with E-state index in [0.29, 0.717) is 5.75 Å². The summed E-state index contributed by atoms with van der Waals surface area (Å²) in [5.74, 6) is -0.158. The second-order valence-corrected chi connectivity index (χ2v) is 4.61. The van der Waals surface area contributed by atoms with Gasteiger partial charge in [-0.05, 0) is 30.3 Å². The van der Waals surface area contributed by atoms with Crippen molar-refractivity contribution in [3.63, 3.8) is 0 Å². The minimum Gasteiger partial charge on any atom is -0.497 e. The topological polar surface area (TPSA) is 47.6 Å². The molecule has 0 aromatic heterocycles. The molecule has 0 amide bonds. The molecule has 0 aliphatic rings. The zero-order valence-electron chi connectivity index (χ0n) is 12.4. The Hall–Kier alpha value is -2.70. The third kappa shape index (κ3) is 3.94. The number of hydrogen-bond acceptors (Lipinski definition) is 4. The van der Waals surface area contributed by atoms with Gasteiger partial charge in [-0.3, -0.25) is 0 Å². The molecule has 0 aliphatic carbocycles. The maximum Gasteiger partial charge on any atom is 0.416 e. The van der Waals surface area contributed by atoms with Crippen LogP contribution in [0, 0.1) is 0 Å². The van der Waals surface area contributed by atoms with Gasteiger partial charge in [0.1, 0.15) is 5.75 Å². The Morgan fingerprint density at radius 2 is 1.83 bits per heavy atom. The van der Waals surface area contributed by atoms with Crippen LogP contribution in [-0.2, 0) is 10.9 Å². The molecule has 2 rings (SSSR count). The standard InChI is InChI=1S/C16H14F3NO3/c1-22-12-6-7-13(15(21)23-2)14(9-12)20-11-5-3-4-10(8-11)16(17,18)19/h3-9,20H,1-2H3. The first kappa shape index (κ1) is 16.7. The summed E-state index contributed by atoms with van der Waals surface area (Å²) in [6, 6.07) is 9.22. The van der Waals surface area contributed by atoms with Crippen molar-refractivity contribution in [3.05, 3.63) is 53.6 Å². The second kappa shape index (κ2) is 6.60. The van der Waals surface area contributed by atoms with Crippen LogP contribution >= 0.6 is 0 Å². The molecule has 0 saturated carbocycles. The number of rotatable bonds is 4. The largest absolute Gasteiger partial charge is 0.497 e. The molecular formula is C16H14F3NO3. The van der Waals surface area contributed by atoms with Gasteiger partial charge in [-0.1, -0.05) is 6.07 Å². The highest BCUT2D eigenvalue weighted by Crippen LogP contribution is 2.32. The van der Waals surface area contributed by atoms with Gasteiger partial charge in [-0.2, -0.15) is 13.2 Å². The SMILES string of the molecule is COC(=O)c1ccc(OC)cc1Nc1cccc(C(F)(F)F)c1. The van der Waals surface area contributed by atoms with Crippen molar-refractivity contribution < 1.29 is 27.4 Å². The lowest BCUT2D eigenvalue weighted by Gasteiger charge is -2.14. The van der Waals surface area contributed by atoms with Crippen LogP contribution in [0.15, 0.2) is 42.5 Å². The number of anilines is 2. The minimum absolute atomic E-state index is 0.186. The molecule has 0 saturated heterocycles. The van der Waals surface area contributed by atoms with Gasteiger partial charge in [0.2, 0.25) is 0 Å². The maximum absolute atomic E-state index is 12.8. The van der Waals surface area contributed by atoms with Crippen molar-refractivity contribution in [2.24, 2.45) is 0 Å². The van der Waals surface area contributed by atoms with E-state index in [0.717, 1.165) is 12.1 Å². The normalized spacial score (nSPS) is 11.0. The molecule has 122 valence electrons. The quantitative estimate of drug-likeness (QED) is 0.854. The summed E-state index contributed by atoms with van der Waals surface area (Å²) >= 11 is 0. The van der Waals surface area contributed by atoms with Gasteiger partial charge in [0.25, 0.3) is 0 Å². The molecule has 0 spiro atoms. The molecule has 0 aliphatic heterocycles. The molecular weight excluding hydrogens is 311 g/mol. The lowest BCUT2D eigenvalue weighted by molar-refractivity contribution is -0.137. The lowest BCUT2D eigenvalue weighted by Crippen LogP contribution is -2.07. The molecule has 0 bridgehead atoms. The monoisotopic (exact) mass is 325 g/mol. The van der Waals surface area contributed by atoms with Crippen LogP contribution in [0.25, 0.3) is 0 Å². The van der Waals surface area contributed by atoms with Gasteiger partial charge in [-0.15, -0.1) is 0 Å². The lowest BCUT2D eigenvalue weighted by atomic mass is 10.1. The van der Waals surface area contributed by atoms with E-state index in [1.165, 1.54) is 38.5 Å². The predicted molar refractivity (Wildman–Crippen MR) is 79.1 cm³/mol. The Morgan fingerprint density at radius 1 is 1.09 bits per heavy atom. The number of methoxy groups -OCH3 is 2. The molecule has 1 N–H and O–H groups in total. The molecule has 0 unspecified atom stereocenters. The number of ether oxygens (including phenoxy) is 2. The minimum atomic E-state index is -4.45. The number of nitrogens with one attached hydrogen (secondary N) is 1. The van der Waals surface area contributed by atoms with Crippen LogP contribution in [0.5, 0.6) is 5.75 Å². The van der Waals surface area contributed by atoms with E-state index < -0.39 is 17.7 Å². The first-order valence-electron chi connectivity index (χ1n) is 6.56. The molecule has 0 radical (unpaired) electrons. The fraction of sp³-hybridized carbons (Fsp3) is 0.188. The molecule has 4 nitrogen and oxygen atoms in total. The summed E-state index contributed by atoms with van der Waals surface area (Å²) in [5, 5.41) is 2.79. The summed E-state index contributed by atoms with van der Waals surface area (Å²) in [4.78, 5) is 11.8. The summed E-state index contributed by atoms with van der Waals surface area (Å²) in [6.45, 7) is 0. The fourth-order valence-corrected chi connectivity index (χ4v) is 1.97. The first-order chi connectivity index (χ1) is 10.8. The Balaban J connectivity index is 2.41. The molecule has 2 aromatic carbocycles. The second-order valence-electron chi connectivity index (χ2n) is 4.61. The number of esters is 1. The predicted octanol–water partition coefficient (Wildman–Crippen LogP) is 4.24. The zero-order valence-corrected chi connectivity index (χ0v) is 12.4. The van der Waals surface area contributed by atoms with Crippen molar-refractivity contribution in [1.82, 2.24) is 0 Å². The van der Waals surface area contributed by atoms with E-state index in [2.05, 4.69) is 10.1 Å². The van der Waals surface area contributed by atoms with Crippen LogP contribution in [0.3, 0.4) is 0 Å². The molecule has 0 atom stereocenters. The summed E-state index contributed by atoms with van der Waals surface area (Å²) < 4.78 is 48.0. The number of carbonyl (C=O) groups is 1. The third-order valence-corrected chi connectivity index (χ3v) is 3.10. The Kier molecular flexibility index (Phi) is 4.78. The van der Waals surface area contributed by atoms with Crippen molar-refractivity contribution in [1.29, 1.82) is 0 Å². The molecule has 0 fully saturated rings. The summed E-state index contributed by atoms with van der Waals surface area (Å²) in [5.41, 5.74) is -0.121. The number of alkyl halides is 3. The van der Waals surface area contributed by atoms with Gasteiger partial charge >= 0.3 is 12.1 Å². The first-order valence-corrected chi connectivity index (χ1v) is 6.56. The molecule has 7 heteroatoms. The van der Waals surface area contributed by atoms with E-state index in [4.69, 9.17) is 4.74 Å². The van der Waals surface area contributed by atoms with Gasteiger partial charge in [0.15, 0.2) is 0 Å². The Morgan fingerprint density at radius 3 is 2.43 bits per heavy atom. The van der Waals surface area contributed by atoms with E-state index in [1.54, 1.807) is 6.07 Å². The van der Waals surface area contributed by atoms with E-state index >= 15 is 0 Å². The van der Waals surface area contributed by atoms with Crippen molar-refractivity contribution in [3.8, 4) is 5.75 Å². The molecule has 2 aromatic rings. The fourth-order valence-electron chi connectivity index (χ4n) is 1.97. The number of hydrogen-bond donors (Lipinski definition) is 1. The van der Waals surface area contributed by atoms with Gasteiger partial charge in [0.05, 0.1) is 31.0 Å². The van der Waals surface area contributed by atoms with Crippen LogP contribution in [0.4, 0.5) is 24.5 Å². The van der Waals surface area contributed by atoms with Crippen LogP contribution < -0.4 is 10.1 Å². The van der Waals surface area contributed by atoms with E-state index in [-0.39, 0.29) is 16.9 Å². The van der Waals surface area contributed by atoms with Crippen LogP contribution in [-0.4, -0.2) is 20.2 Å². The Labute approximate surface area is 130 Å². The number of carbonyl (C=O) groups excluding carboxylic acids is 1. The molecule has 0 heterocycles. The van der Waals surface area contributed by atoms with Gasteiger partial charge < -0.3 is 14.8 Å². The van der Waals surface area contributed by atoms with Crippen LogP contribution in [0.2, 0.25) is 0 Å². The van der Waals surface area contributed by atoms with Crippen LogP contribution in [0.1, 0.15) is 15.9 Å². The van der Waals surface area contributed by atoms with Crippen molar-refractivity contribution in [2.45, 2.75) is 6.18 Å². The average Bonchev–Trinajstić information content (AvgIpc) is 2.53. The average molecular weight is 325 g/mol. The van der Waals surface area contributed by atoms with Crippen molar-refractivity contribution >= 4 is 17.3 Å². The number of benzene rings is 2. The van der Waals surface area contributed by atoms with E-state index in [1.807, 2.05) is 0 Å². The summed E-state index contributed by atoms with van der Waals surface area (Å²) in [6.07, 6.45) is -4.45. The van der Waals surface area contributed by atoms with Gasteiger partial charge in [0, 0.05) is 11.8 Å². The van der Waals surface area contributed by atoms with Gasteiger partial charge in [-0.25, -0.2) is 4.79 Å². The highest BCUT2D eigenvalue weighted by atomic mass is 19.4. The maximum atomic E-state index is 12.8. The number of halogens is 3. The highest BCUT2D eigenvalue weighted by Gasteiger charge is 2.30. The zero-order chi connectivity index (χ0) is 17.0. The molecule has 23 heavy (non-hydrogen) atoms. The highest BCUT2D eigenvalue weighted by molar-refractivity contribution is 5.96. The summed E-state index contributed by atoms with van der Waals surface area (Å²) in [7, 11) is 2.67. The Bertz CT molecular complexity index is 714. The van der Waals surface area contributed by atoms with Crippen molar-refractivity contribution in [2.75, 3.05) is 19.5 Å². The third-order valence-electron chi connectivity index (χ3n) is 3.10. The smallest absolute Gasteiger partial charge is 0.416 e. The van der Waals surface area contributed by atoms with E-state index in [9.17, 15) is 18.0 Å².